The second kappa shape index (κ2) is 5.88. The first kappa shape index (κ1) is 14.0. The standard InChI is InChI=1S/C15H14FN5O2/c16-10-1-2-11(17-8-10)14-18-15(23-21-14)13-7-12(19-20-13)9-3-5-22-6-4-9/h1-2,7-9H,3-6H2,(H,19,20). The van der Waals surface area contributed by atoms with Gasteiger partial charge in [0.25, 0.3) is 5.89 Å². The lowest BCUT2D eigenvalue weighted by Gasteiger charge is -2.20. The molecule has 8 heteroatoms. The maximum atomic E-state index is 12.9. The fourth-order valence-corrected chi connectivity index (χ4v) is 2.60. The maximum Gasteiger partial charge on any atom is 0.278 e. The van der Waals surface area contributed by atoms with E-state index in [4.69, 9.17) is 9.26 Å². The Kier molecular flexibility index (Phi) is 3.58. The van der Waals surface area contributed by atoms with Crippen LogP contribution in [0.15, 0.2) is 28.9 Å². The molecule has 1 aliphatic rings. The van der Waals surface area contributed by atoms with Crippen LogP contribution in [0.2, 0.25) is 0 Å². The Morgan fingerprint density at radius 1 is 1.17 bits per heavy atom. The summed E-state index contributed by atoms with van der Waals surface area (Å²) in [4.78, 5) is 8.20. The number of nitrogens with one attached hydrogen (secondary N) is 1. The van der Waals surface area contributed by atoms with Crippen molar-refractivity contribution in [1.82, 2.24) is 25.3 Å². The largest absolute Gasteiger partial charge is 0.381 e. The molecule has 0 aromatic carbocycles. The molecule has 0 radical (unpaired) electrons. The zero-order chi connectivity index (χ0) is 15.6. The Morgan fingerprint density at radius 3 is 2.83 bits per heavy atom. The lowest BCUT2D eigenvalue weighted by atomic mass is 9.96. The first-order valence-corrected chi connectivity index (χ1v) is 7.38. The number of H-pyrrole nitrogens is 1. The smallest absolute Gasteiger partial charge is 0.278 e. The Morgan fingerprint density at radius 2 is 2.04 bits per heavy atom. The number of pyridine rings is 1. The van der Waals surface area contributed by atoms with Gasteiger partial charge in [0.15, 0.2) is 5.69 Å². The molecule has 7 nitrogen and oxygen atoms in total. The quantitative estimate of drug-likeness (QED) is 0.799. The van der Waals surface area contributed by atoms with Crippen molar-refractivity contribution < 1.29 is 13.7 Å². The van der Waals surface area contributed by atoms with E-state index in [1.165, 1.54) is 12.1 Å². The second-order valence-corrected chi connectivity index (χ2v) is 5.38. The van der Waals surface area contributed by atoms with Crippen LogP contribution in [-0.4, -0.2) is 38.5 Å². The fourth-order valence-electron chi connectivity index (χ4n) is 2.60. The van der Waals surface area contributed by atoms with Crippen molar-refractivity contribution in [2.75, 3.05) is 13.2 Å². The molecule has 118 valence electrons. The van der Waals surface area contributed by atoms with Crippen LogP contribution in [-0.2, 0) is 4.74 Å². The molecule has 3 aromatic rings. The minimum absolute atomic E-state index is 0.301. The molecule has 4 heterocycles. The van der Waals surface area contributed by atoms with E-state index in [9.17, 15) is 4.39 Å². The number of ether oxygens (including phenoxy) is 1. The molecule has 1 N–H and O–H groups in total. The van der Waals surface area contributed by atoms with Crippen molar-refractivity contribution >= 4 is 0 Å². The molecule has 1 aliphatic heterocycles. The molecule has 0 spiro atoms. The van der Waals surface area contributed by atoms with E-state index in [0.717, 1.165) is 37.9 Å². The predicted octanol–water partition coefficient (Wildman–Crippen LogP) is 2.55. The van der Waals surface area contributed by atoms with Gasteiger partial charge in [-0.3, -0.25) is 5.10 Å². The molecule has 0 bridgehead atoms. The zero-order valence-electron chi connectivity index (χ0n) is 12.2. The average Bonchev–Trinajstić information content (AvgIpc) is 3.26. The van der Waals surface area contributed by atoms with Crippen LogP contribution in [0.1, 0.15) is 24.5 Å². The summed E-state index contributed by atoms with van der Waals surface area (Å²) < 4.78 is 23.5. The fraction of sp³-hybridized carbons (Fsp3) is 0.333. The van der Waals surface area contributed by atoms with Crippen LogP contribution in [0.25, 0.3) is 23.1 Å². The van der Waals surface area contributed by atoms with Gasteiger partial charge in [-0.1, -0.05) is 5.16 Å². The first-order valence-electron chi connectivity index (χ1n) is 7.38. The lowest BCUT2D eigenvalue weighted by Crippen LogP contribution is -2.14. The summed E-state index contributed by atoms with van der Waals surface area (Å²) in [5.74, 6) is 0.605. The molecule has 0 amide bonds. The predicted molar refractivity (Wildman–Crippen MR) is 77.9 cm³/mol. The van der Waals surface area contributed by atoms with E-state index in [0.29, 0.717) is 29.0 Å². The van der Waals surface area contributed by atoms with Crippen molar-refractivity contribution in [2.45, 2.75) is 18.8 Å². The number of hydrogen-bond donors (Lipinski definition) is 1. The zero-order valence-corrected chi connectivity index (χ0v) is 12.2. The third kappa shape index (κ3) is 2.85. The molecule has 4 rings (SSSR count). The van der Waals surface area contributed by atoms with E-state index in [1.54, 1.807) is 0 Å². The number of halogens is 1. The molecule has 0 saturated carbocycles. The Bertz CT molecular complexity index is 792. The van der Waals surface area contributed by atoms with Gasteiger partial charge in [0.05, 0.1) is 6.20 Å². The van der Waals surface area contributed by atoms with Gasteiger partial charge in [-0.25, -0.2) is 9.37 Å². The van der Waals surface area contributed by atoms with Crippen molar-refractivity contribution in [3.05, 3.63) is 35.9 Å². The highest BCUT2D eigenvalue weighted by atomic mass is 19.1. The molecule has 1 fully saturated rings. The van der Waals surface area contributed by atoms with E-state index in [2.05, 4.69) is 25.3 Å². The van der Waals surface area contributed by atoms with E-state index in [1.807, 2.05) is 6.07 Å². The van der Waals surface area contributed by atoms with Gasteiger partial charge in [0, 0.05) is 24.8 Å². The second-order valence-electron chi connectivity index (χ2n) is 5.38. The van der Waals surface area contributed by atoms with Crippen LogP contribution in [0.3, 0.4) is 0 Å². The van der Waals surface area contributed by atoms with Gasteiger partial charge in [-0.15, -0.1) is 0 Å². The third-order valence-electron chi connectivity index (χ3n) is 3.86. The number of hydrogen-bond acceptors (Lipinski definition) is 6. The third-order valence-corrected chi connectivity index (χ3v) is 3.86. The number of aromatic nitrogens is 5. The number of rotatable bonds is 3. The Hall–Kier alpha value is -2.61. The van der Waals surface area contributed by atoms with E-state index >= 15 is 0 Å². The Labute approximate surface area is 130 Å². The highest BCUT2D eigenvalue weighted by molar-refractivity contribution is 5.54. The summed E-state index contributed by atoms with van der Waals surface area (Å²) in [6.45, 7) is 1.53. The van der Waals surface area contributed by atoms with Crippen molar-refractivity contribution in [1.29, 1.82) is 0 Å². The van der Waals surface area contributed by atoms with Gasteiger partial charge < -0.3 is 9.26 Å². The van der Waals surface area contributed by atoms with Crippen LogP contribution in [0.4, 0.5) is 4.39 Å². The van der Waals surface area contributed by atoms with E-state index in [-0.39, 0.29) is 0 Å². The van der Waals surface area contributed by atoms with Crippen molar-refractivity contribution in [2.24, 2.45) is 0 Å². The summed E-state index contributed by atoms with van der Waals surface area (Å²) >= 11 is 0. The molecule has 23 heavy (non-hydrogen) atoms. The maximum absolute atomic E-state index is 12.9. The minimum Gasteiger partial charge on any atom is -0.381 e. The summed E-state index contributed by atoms with van der Waals surface area (Å²) in [5.41, 5.74) is 2.08. The molecule has 0 unspecified atom stereocenters. The highest BCUT2D eigenvalue weighted by Crippen LogP contribution is 2.28. The average molecular weight is 315 g/mol. The summed E-state index contributed by atoms with van der Waals surface area (Å²) in [6.07, 6.45) is 3.05. The topological polar surface area (TPSA) is 89.7 Å². The molecular formula is C15H14FN5O2. The minimum atomic E-state index is -0.411. The monoisotopic (exact) mass is 315 g/mol. The van der Waals surface area contributed by atoms with Gasteiger partial charge in [-0.2, -0.15) is 10.1 Å². The van der Waals surface area contributed by atoms with Crippen molar-refractivity contribution in [3.8, 4) is 23.1 Å². The van der Waals surface area contributed by atoms with Gasteiger partial charge >= 0.3 is 0 Å². The van der Waals surface area contributed by atoms with Crippen LogP contribution >= 0.6 is 0 Å². The van der Waals surface area contributed by atoms with Gasteiger partial charge in [0.2, 0.25) is 5.82 Å². The van der Waals surface area contributed by atoms with Crippen LogP contribution < -0.4 is 0 Å². The number of nitrogens with zero attached hydrogens (tertiary/aromatic N) is 4. The van der Waals surface area contributed by atoms with Crippen molar-refractivity contribution in [3.63, 3.8) is 0 Å². The first-order chi connectivity index (χ1) is 11.3. The summed E-state index contributed by atoms with van der Waals surface area (Å²) in [5, 5.41) is 11.1. The SMILES string of the molecule is Fc1ccc(-c2noc(-c3cc(C4CCOCC4)[nH]n3)n2)nc1. The molecular weight excluding hydrogens is 301 g/mol. The van der Waals surface area contributed by atoms with Gasteiger partial charge in [-0.05, 0) is 31.0 Å². The molecule has 0 atom stereocenters. The highest BCUT2D eigenvalue weighted by Gasteiger charge is 2.20. The molecule has 0 aliphatic carbocycles. The number of aromatic amines is 1. The Balaban J connectivity index is 1.57. The molecule has 1 saturated heterocycles. The normalized spacial score (nSPS) is 15.9. The summed E-state index contributed by atoms with van der Waals surface area (Å²) in [7, 11) is 0. The van der Waals surface area contributed by atoms with E-state index < -0.39 is 5.82 Å². The van der Waals surface area contributed by atoms with Crippen LogP contribution in [0, 0.1) is 5.82 Å². The lowest BCUT2D eigenvalue weighted by molar-refractivity contribution is 0.0845. The molecule has 3 aromatic heterocycles. The summed E-state index contributed by atoms with van der Waals surface area (Å²) in [6, 6.07) is 4.73. The van der Waals surface area contributed by atoms with Gasteiger partial charge in [0.1, 0.15) is 11.5 Å². The van der Waals surface area contributed by atoms with Crippen LogP contribution in [0.5, 0.6) is 0 Å².